The summed E-state index contributed by atoms with van der Waals surface area (Å²) in [6.07, 6.45) is 7.18. The Labute approximate surface area is 261 Å². The molecule has 2 aliphatic heterocycles. The molecular formula is C35H46N5O4+. The van der Waals surface area contributed by atoms with Crippen LogP contribution in [0.1, 0.15) is 54.6 Å². The maximum Gasteiger partial charge on any atom is 0.308 e. The van der Waals surface area contributed by atoms with E-state index >= 15 is 0 Å². The van der Waals surface area contributed by atoms with Gasteiger partial charge in [-0.15, -0.1) is 0 Å². The SMILES string of the molecule is CCCCN(C(=O)CN1CC(c2ccc3c(c2)CCO3)C(C(=O)O)C1CCc1ncccn1)c1cccc(C[N+](C)(C)C)c1. The second kappa shape index (κ2) is 13.9. The number of aryl methyl sites for hydroxylation is 1. The maximum atomic E-state index is 14.2. The van der Waals surface area contributed by atoms with Crippen LogP contribution in [0.3, 0.4) is 0 Å². The number of carboxylic acids is 1. The van der Waals surface area contributed by atoms with E-state index in [2.05, 4.69) is 61.1 Å². The summed E-state index contributed by atoms with van der Waals surface area (Å²) in [6, 6.07) is 15.8. The van der Waals surface area contributed by atoms with E-state index in [0.29, 0.717) is 38.4 Å². The van der Waals surface area contributed by atoms with E-state index < -0.39 is 11.9 Å². The molecule has 0 spiro atoms. The number of benzene rings is 2. The number of amides is 1. The molecule has 1 fully saturated rings. The number of anilines is 1. The zero-order chi connectivity index (χ0) is 31.3. The Balaban J connectivity index is 1.44. The highest BCUT2D eigenvalue weighted by molar-refractivity contribution is 5.95. The number of aliphatic carboxylic acids is 1. The van der Waals surface area contributed by atoms with Crippen LogP contribution in [0.4, 0.5) is 5.69 Å². The Morgan fingerprint density at radius 2 is 1.89 bits per heavy atom. The summed E-state index contributed by atoms with van der Waals surface area (Å²) < 4.78 is 6.51. The van der Waals surface area contributed by atoms with Crippen molar-refractivity contribution in [2.24, 2.45) is 5.92 Å². The summed E-state index contributed by atoms with van der Waals surface area (Å²) >= 11 is 0. The van der Waals surface area contributed by atoms with Gasteiger partial charge >= 0.3 is 5.97 Å². The largest absolute Gasteiger partial charge is 0.493 e. The number of likely N-dealkylation sites (tertiary alicyclic amines) is 1. The van der Waals surface area contributed by atoms with Gasteiger partial charge in [-0.2, -0.15) is 0 Å². The van der Waals surface area contributed by atoms with Crippen LogP contribution < -0.4 is 9.64 Å². The molecule has 5 rings (SSSR count). The van der Waals surface area contributed by atoms with Gasteiger partial charge in [0.2, 0.25) is 5.91 Å². The number of carboxylic acid groups (broad SMARTS) is 1. The number of hydrogen-bond acceptors (Lipinski definition) is 6. The van der Waals surface area contributed by atoms with Crippen molar-refractivity contribution in [3.8, 4) is 5.75 Å². The summed E-state index contributed by atoms with van der Waals surface area (Å²) in [7, 11) is 6.47. The standard InChI is InChI=1S/C35H45N5O4/c1-5-6-18-39(28-10-7-9-25(20-28)24-40(2,3)4)33(41)23-38-22-29(26-11-13-31-27(21-26)15-19-44-31)34(35(42)43)30(38)12-14-32-36-16-8-17-37-32/h7-11,13,16-17,20-21,29-30,34H,5-6,12,14-15,18-19,22-24H2,1-4H3/p+1. The predicted octanol–water partition coefficient (Wildman–Crippen LogP) is 4.55. The molecule has 3 heterocycles. The average molecular weight is 601 g/mol. The minimum atomic E-state index is -0.837. The molecule has 0 bridgehead atoms. The van der Waals surface area contributed by atoms with Crippen molar-refractivity contribution >= 4 is 17.6 Å². The Bertz CT molecular complexity index is 1440. The van der Waals surface area contributed by atoms with Crippen LogP contribution in [-0.2, 0) is 29.0 Å². The van der Waals surface area contributed by atoms with Gasteiger partial charge < -0.3 is 19.2 Å². The zero-order valence-electron chi connectivity index (χ0n) is 26.5. The highest BCUT2D eigenvalue weighted by atomic mass is 16.5. The van der Waals surface area contributed by atoms with Crippen molar-refractivity contribution in [2.75, 3.05) is 52.3 Å². The summed E-state index contributed by atoms with van der Waals surface area (Å²) in [6.45, 7) is 4.89. The van der Waals surface area contributed by atoms with E-state index in [-0.39, 0.29) is 24.4 Å². The average Bonchev–Trinajstić information content (AvgIpc) is 3.60. The fraction of sp³-hybridized carbons (Fsp3) is 0.486. The molecular weight excluding hydrogens is 554 g/mol. The first-order chi connectivity index (χ1) is 21.1. The summed E-state index contributed by atoms with van der Waals surface area (Å²) in [5.74, 6) is -0.193. The highest BCUT2D eigenvalue weighted by Crippen LogP contribution is 2.41. The Hall–Kier alpha value is -3.82. The van der Waals surface area contributed by atoms with Gasteiger partial charge in [0, 0.05) is 61.5 Å². The lowest BCUT2D eigenvalue weighted by Gasteiger charge is -2.30. The minimum Gasteiger partial charge on any atom is -0.493 e. The summed E-state index contributed by atoms with van der Waals surface area (Å²) in [5, 5.41) is 10.6. The molecule has 1 aromatic heterocycles. The van der Waals surface area contributed by atoms with Crippen LogP contribution >= 0.6 is 0 Å². The molecule has 1 amide bonds. The van der Waals surface area contributed by atoms with E-state index in [4.69, 9.17) is 4.74 Å². The predicted molar refractivity (Wildman–Crippen MR) is 171 cm³/mol. The van der Waals surface area contributed by atoms with Crippen LogP contribution in [0.5, 0.6) is 5.75 Å². The molecule has 0 aliphatic carbocycles. The molecule has 234 valence electrons. The van der Waals surface area contributed by atoms with Crippen LogP contribution in [0, 0.1) is 5.92 Å². The van der Waals surface area contributed by atoms with Crippen LogP contribution in [0.15, 0.2) is 60.9 Å². The monoisotopic (exact) mass is 600 g/mol. The second-order valence-corrected chi connectivity index (χ2v) is 13.2. The molecule has 2 aliphatic rings. The number of quaternary nitrogens is 1. The van der Waals surface area contributed by atoms with Crippen molar-refractivity contribution in [3.05, 3.63) is 83.4 Å². The number of nitrogens with zero attached hydrogens (tertiary/aromatic N) is 5. The van der Waals surface area contributed by atoms with Crippen LogP contribution in [0.2, 0.25) is 0 Å². The molecule has 0 radical (unpaired) electrons. The molecule has 1 saturated heterocycles. The first-order valence-corrected chi connectivity index (χ1v) is 15.8. The lowest BCUT2D eigenvalue weighted by molar-refractivity contribution is -0.884. The summed E-state index contributed by atoms with van der Waals surface area (Å²) in [4.78, 5) is 39.9. The van der Waals surface area contributed by atoms with Crippen LogP contribution in [0.25, 0.3) is 0 Å². The molecule has 9 nitrogen and oxygen atoms in total. The van der Waals surface area contributed by atoms with E-state index in [9.17, 15) is 14.7 Å². The smallest absolute Gasteiger partial charge is 0.308 e. The number of rotatable bonds is 13. The molecule has 2 aromatic carbocycles. The third-order valence-electron chi connectivity index (χ3n) is 8.71. The lowest BCUT2D eigenvalue weighted by Crippen LogP contribution is -2.44. The number of aromatic nitrogens is 2. The molecule has 3 atom stereocenters. The Morgan fingerprint density at radius 1 is 1.09 bits per heavy atom. The fourth-order valence-corrected chi connectivity index (χ4v) is 6.71. The van der Waals surface area contributed by atoms with Crippen molar-refractivity contribution in [1.82, 2.24) is 14.9 Å². The number of carbonyl (C=O) groups excluding carboxylic acids is 1. The first kappa shape index (κ1) is 31.6. The molecule has 1 N–H and O–H groups in total. The van der Waals surface area contributed by atoms with E-state index in [1.807, 2.05) is 29.2 Å². The van der Waals surface area contributed by atoms with Crippen molar-refractivity contribution in [1.29, 1.82) is 0 Å². The quantitative estimate of drug-likeness (QED) is 0.288. The van der Waals surface area contributed by atoms with E-state index in [0.717, 1.165) is 52.9 Å². The van der Waals surface area contributed by atoms with Gasteiger partial charge in [0.15, 0.2) is 0 Å². The van der Waals surface area contributed by atoms with Gasteiger partial charge in [0.25, 0.3) is 0 Å². The van der Waals surface area contributed by atoms with Gasteiger partial charge in [0.05, 0.1) is 40.2 Å². The number of carbonyl (C=O) groups is 2. The van der Waals surface area contributed by atoms with Crippen molar-refractivity contribution in [2.45, 2.75) is 57.5 Å². The van der Waals surface area contributed by atoms with Gasteiger partial charge in [-0.1, -0.05) is 37.6 Å². The summed E-state index contributed by atoms with van der Waals surface area (Å²) in [5.41, 5.74) is 4.19. The lowest BCUT2D eigenvalue weighted by atomic mass is 9.83. The van der Waals surface area contributed by atoms with Gasteiger partial charge in [-0.3, -0.25) is 14.5 Å². The molecule has 44 heavy (non-hydrogen) atoms. The van der Waals surface area contributed by atoms with Gasteiger partial charge in [-0.25, -0.2) is 9.97 Å². The number of fused-ring (bicyclic) bond motifs is 1. The number of unbranched alkanes of at least 4 members (excludes halogenated alkanes) is 1. The number of hydrogen-bond donors (Lipinski definition) is 1. The normalized spacial score (nSPS) is 19.9. The maximum absolute atomic E-state index is 14.2. The Morgan fingerprint density at radius 3 is 2.61 bits per heavy atom. The number of ether oxygens (including phenoxy) is 1. The molecule has 9 heteroatoms. The molecule has 3 aromatic rings. The second-order valence-electron chi connectivity index (χ2n) is 13.2. The topological polar surface area (TPSA) is 95.9 Å². The highest BCUT2D eigenvalue weighted by Gasteiger charge is 2.47. The van der Waals surface area contributed by atoms with Gasteiger partial charge in [0.1, 0.15) is 18.1 Å². The molecule has 0 saturated carbocycles. The van der Waals surface area contributed by atoms with Crippen molar-refractivity contribution in [3.63, 3.8) is 0 Å². The fourth-order valence-electron chi connectivity index (χ4n) is 6.71. The third-order valence-corrected chi connectivity index (χ3v) is 8.71. The third kappa shape index (κ3) is 7.63. The van der Waals surface area contributed by atoms with Crippen molar-refractivity contribution < 1.29 is 23.9 Å². The van der Waals surface area contributed by atoms with E-state index in [1.54, 1.807) is 18.5 Å². The van der Waals surface area contributed by atoms with Gasteiger partial charge in [-0.05, 0) is 48.2 Å². The first-order valence-electron chi connectivity index (χ1n) is 15.8. The van der Waals surface area contributed by atoms with Crippen LogP contribution in [-0.4, -0.2) is 89.8 Å². The Kier molecular flexibility index (Phi) is 9.96. The minimum absolute atomic E-state index is 0.00560. The van der Waals surface area contributed by atoms with E-state index in [1.165, 1.54) is 5.56 Å². The zero-order valence-corrected chi connectivity index (χ0v) is 26.5. The molecule has 3 unspecified atom stereocenters.